The monoisotopic (exact) mass is 379 g/mol. The van der Waals surface area contributed by atoms with Crippen LogP contribution in [0.2, 0.25) is 0 Å². The van der Waals surface area contributed by atoms with E-state index < -0.39 is 16.8 Å². The molecule has 1 aromatic heterocycles. The van der Waals surface area contributed by atoms with Crippen LogP contribution in [0.4, 0.5) is 4.79 Å². The molecule has 1 atom stereocenters. The van der Waals surface area contributed by atoms with E-state index in [0.717, 1.165) is 35.6 Å². The van der Waals surface area contributed by atoms with Crippen molar-refractivity contribution in [2.45, 2.75) is 31.3 Å². The number of benzene rings is 1. The van der Waals surface area contributed by atoms with E-state index in [1.807, 2.05) is 39.0 Å². The van der Waals surface area contributed by atoms with Crippen molar-refractivity contribution in [2.75, 3.05) is 38.5 Å². The van der Waals surface area contributed by atoms with E-state index in [-0.39, 0.29) is 6.09 Å². The van der Waals surface area contributed by atoms with Crippen LogP contribution < -0.4 is 0 Å². The van der Waals surface area contributed by atoms with E-state index in [1.165, 1.54) is 0 Å². The van der Waals surface area contributed by atoms with Crippen molar-refractivity contribution in [1.82, 2.24) is 25.2 Å². The Morgan fingerprint density at radius 3 is 2.73 bits per heavy atom. The van der Waals surface area contributed by atoms with Crippen LogP contribution in [0, 0.1) is 0 Å². The molecule has 1 N–H and O–H groups in total. The molecule has 26 heavy (non-hydrogen) atoms. The third kappa shape index (κ3) is 4.87. The molecule has 8 nitrogen and oxygen atoms in total. The Hall–Kier alpha value is -1.84. The van der Waals surface area contributed by atoms with Crippen molar-refractivity contribution in [3.05, 3.63) is 18.2 Å². The molecule has 0 spiro atoms. The molecule has 1 fully saturated rings. The number of aromatic nitrogens is 3. The summed E-state index contributed by atoms with van der Waals surface area (Å²) < 4.78 is 17.9. The van der Waals surface area contributed by atoms with Crippen LogP contribution in [0.3, 0.4) is 0 Å². The van der Waals surface area contributed by atoms with Crippen LogP contribution in [-0.4, -0.2) is 79.9 Å². The number of H-pyrrole nitrogens is 1. The third-order valence-corrected chi connectivity index (χ3v) is 5.51. The van der Waals surface area contributed by atoms with E-state index in [4.69, 9.17) is 4.74 Å². The van der Waals surface area contributed by atoms with Crippen LogP contribution >= 0.6 is 0 Å². The Balaban J connectivity index is 1.45. The van der Waals surface area contributed by atoms with E-state index in [2.05, 4.69) is 20.3 Å². The zero-order valence-corrected chi connectivity index (χ0v) is 16.2. The number of aromatic amines is 1. The van der Waals surface area contributed by atoms with Gasteiger partial charge in [0.15, 0.2) is 4.90 Å². The normalized spacial score (nSPS) is 17.5. The fourth-order valence-electron chi connectivity index (χ4n) is 2.78. The molecule has 1 aliphatic rings. The minimum atomic E-state index is -1.08. The molecule has 0 radical (unpaired) electrons. The molecule has 1 saturated heterocycles. The van der Waals surface area contributed by atoms with Gasteiger partial charge < -0.3 is 14.2 Å². The molecule has 0 unspecified atom stereocenters. The molecule has 3 rings (SSSR count). The summed E-state index contributed by atoms with van der Waals surface area (Å²) in [5, 5.41) is 10.5. The Bertz CT molecular complexity index is 752. The number of hydrogen-bond acceptors (Lipinski definition) is 6. The number of amides is 1. The number of nitrogens with zero attached hydrogens (tertiary/aromatic N) is 4. The first kappa shape index (κ1) is 18.9. The van der Waals surface area contributed by atoms with Gasteiger partial charge in [0.25, 0.3) is 0 Å². The molecule has 0 saturated carbocycles. The second-order valence-electron chi connectivity index (χ2n) is 7.35. The van der Waals surface area contributed by atoms with E-state index in [9.17, 15) is 9.35 Å². The summed E-state index contributed by atoms with van der Waals surface area (Å²) in [5.74, 6) is 0.555. The molecular formula is C17H25N5O3S. The fraction of sp³-hybridized carbons (Fsp3) is 0.588. The summed E-state index contributed by atoms with van der Waals surface area (Å²) in [4.78, 5) is 16.8. The molecule has 2 aromatic rings. The molecule has 1 aliphatic heterocycles. The zero-order valence-electron chi connectivity index (χ0n) is 15.4. The van der Waals surface area contributed by atoms with Gasteiger partial charge in [-0.1, -0.05) is 5.21 Å². The topological polar surface area (TPSA) is 97.4 Å². The number of rotatable bonds is 4. The quantitative estimate of drug-likeness (QED) is 0.811. The van der Waals surface area contributed by atoms with Gasteiger partial charge in [0.1, 0.15) is 16.9 Å². The van der Waals surface area contributed by atoms with Gasteiger partial charge in [-0.3, -0.25) is 10.00 Å². The summed E-state index contributed by atoms with van der Waals surface area (Å²) in [5.41, 5.74) is 1.09. The lowest BCUT2D eigenvalue weighted by molar-refractivity contribution is 0.0150. The van der Waals surface area contributed by atoms with Crippen LogP contribution in [0.5, 0.6) is 0 Å². The maximum Gasteiger partial charge on any atom is 0.410 e. The lowest BCUT2D eigenvalue weighted by atomic mass is 10.2. The highest BCUT2D eigenvalue weighted by Gasteiger charge is 2.26. The summed E-state index contributed by atoms with van der Waals surface area (Å²) in [6, 6.07) is 5.50. The van der Waals surface area contributed by atoms with Gasteiger partial charge in [0, 0.05) is 38.8 Å². The number of piperazine rings is 1. The van der Waals surface area contributed by atoms with Crippen LogP contribution in [-0.2, 0) is 15.9 Å². The summed E-state index contributed by atoms with van der Waals surface area (Å²) >= 11 is -1.08. The maximum absolute atomic E-state index is 12.5. The second-order valence-corrected chi connectivity index (χ2v) is 8.92. The molecule has 0 bridgehead atoms. The summed E-state index contributed by atoms with van der Waals surface area (Å²) in [6.07, 6.45) is -0.262. The maximum atomic E-state index is 12.5. The van der Waals surface area contributed by atoms with Gasteiger partial charge in [-0.05, 0) is 44.1 Å². The molecule has 9 heteroatoms. The first-order valence-corrected chi connectivity index (χ1v) is 10.0. The number of carbonyl (C=O) groups excluding carboxylic acids is 1. The first-order chi connectivity index (χ1) is 12.3. The predicted octanol–water partition coefficient (Wildman–Crippen LogP) is 1.62. The largest absolute Gasteiger partial charge is 0.611 e. The molecule has 142 valence electrons. The van der Waals surface area contributed by atoms with Gasteiger partial charge in [0.2, 0.25) is 0 Å². The number of hydrogen-bond donors (Lipinski definition) is 1. The van der Waals surface area contributed by atoms with E-state index >= 15 is 0 Å². The number of carbonyl (C=O) groups is 1. The molecule has 1 aromatic carbocycles. The molecule has 1 amide bonds. The minimum absolute atomic E-state index is 0.262. The Morgan fingerprint density at radius 1 is 1.31 bits per heavy atom. The third-order valence-electron chi connectivity index (χ3n) is 4.18. The lowest BCUT2D eigenvalue weighted by Gasteiger charge is -2.35. The number of ether oxygens (including phenoxy) is 1. The van der Waals surface area contributed by atoms with Crippen LogP contribution in [0.15, 0.2) is 23.1 Å². The highest BCUT2D eigenvalue weighted by Crippen LogP contribution is 2.17. The van der Waals surface area contributed by atoms with Gasteiger partial charge in [0.05, 0.1) is 5.52 Å². The average molecular weight is 379 g/mol. The van der Waals surface area contributed by atoms with Gasteiger partial charge in [-0.2, -0.15) is 0 Å². The number of fused-ring (bicyclic) bond motifs is 1. The Morgan fingerprint density at radius 2 is 2.04 bits per heavy atom. The van der Waals surface area contributed by atoms with Crippen molar-refractivity contribution in [3.8, 4) is 0 Å². The van der Waals surface area contributed by atoms with Crippen LogP contribution in [0.25, 0.3) is 11.0 Å². The number of nitrogens with one attached hydrogen (secondary N) is 1. The predicted molar refractivity (Wildman–Crippen MR) is 99.4 cm³/mol. The van der Waals surface area contributed by atoms with Crippen molar-refractivity contribution >= 4 is 28.3 Å². The SMILES string of the molecule is CC(C)(C)OC(=O)N1CCN(CC[S@+]([O-])c2ccc3nn[nH]c3c2)CC1. The highest BCUT2D eigenvalue weighted by atomic mass is 32.2. The molecule has 2 heterocycles. The smallest absolute Gasteiger partial charge is 0.410 e. The van der Waals surface area contributed by atoms with Crippen LogP contribution in [0.1, 0.15) is 20.8 Å². The zero-order chi connectivity index (χ0) is 18.7. The summed E-state index contributed by atoms with van der Waals surface area (Å²) in [7, 11) is 0. The Kier molecular flexibility index (Phi) is 5.69. The van der Waals surface area contributed by atoms with Gasteiger partial charge in [-0.15, -0.1) is 5.10 Å². The minimum Gasteiger partial charge on any atom is -0.611 e. The summed E-state index contributed by atoms with van der Waals surface area (Å²) in [6.45, 7) is 9.13. The standard InChI is InChI=1S/C17H25N5O3S/c1-17(2,3)25-16(23)22-8-6-21(7-9-22)10-11-26(24)13-4-5-14-15(12-13)19-20-18-14/h4-5,12H,6-11H2,1-3H3,(H,18,19,20)/t26-/m0/s1. The van der Waals surface area contributed by atoms with E-state index in [1.54, 1.807) is 4.90 Å². The first-order valence-electron chi connectivity index (χ1n) is 8.71. The second kappa shape index (κ2) is 7.81. The lowest BCUT2D eigenvalue weighted by Crippen LogP contribution is -2.50. The highest BCUT2D eigenvalue weighted by molar-refractivity contribution is 7.91. The van der Waals surface area contributed by atoms with Gasteiger partial charge in [-0.25, -0.2) is 4.79 Å². The van der Waals surface area contributed by atoms with E-state index in [0.29, 0.717) is 18.8 Å². The van der Waals surface area contributed by atoms with Crippen molar-refractivity contribution < 1.29 is 14.1 Å². The van der Waals surface area contributed by atoms with Crippen molar-refractivity contribution in [2.24, 2.45) is 0 Å². The van der Waals surface area contributed by atoms with Crippen molar-refractivity contribution in [1.29, 1.82) is 0 Å². The van der Waals surface area contributed by atoms with Gasteiger partial charge >= 0.3 is 6.09 Å². The molecular weight excluding hydrogens is 354 g/mol. The Labute approximate surface area is 156 Å². The van der Waals surface area contributed by atoms with Crippen molar-refractivity contribution in [3.63, 3.8) is 0 Å². The molecule has 0 aliphatic carbocycles. The fourth-order valence-corrected chi connectivity index (χ4v) is 3.91. The average Bonchev–Trinajstić information content (AvgIpc) is 3.06.